The molecule has 2 rings (SSSR count). The molecular formula is C13H8AsF4N3O2. The Morgan fingerprint density at radius 2 is 1.91 bits per heavy atom. The Kier molecular flexibility index (Phi) is 4.22. The fourth-order valence-corrected chi connectivity index (χ4v) is 2.74. The Morgan fingerprint density at radius 1 is 1.30 bits per heavy atom. The van der Waals surface area contributed by atoms with Crippen molar-refractivity contribution in [2.24, 2.45) is 7.05 Å². The van der Waals surface area contributed by atoms with Crippen molar-refractivity contribution in [2.45, 2.75) is 6.18 Å². The molecule has 1 aromatic carbocycles. The first-order valence-electron chi connectivity index (χ1n) is 5.98. The van der Waals surface area contributed by atoms with Crippen LogP contribution in [0.1, 0.15) is 11.3 Å². The Morgan fingerprint density at radius 3 is 2.43 bits per heavy atom. The normalized spacial score (nSPS) is 11.3. The molecular weight excluding hydrogens is 381 g/mol. The molecule has 1 N–H and O–H groups in total. The third-order valence-corrected chi connectivity index (χ3v) is 4.12. The van der Waals surface area contributed by atoms with Crippen LogP contribution in [-0.2, 0) is 13.2 Å². The van der Waals surface area contributed by atoms with E-state index in [1.54, 1.807) is 11.1 Å². The van der Waals surface area contributed by atoms with Gasteiger partial charge in [-0.1, -0.05) is 0 Å². The summed E-state index contributed by atoms with van der Waals surface area (Å²) in [5, 5.41) is 8.82. The van der Waals surface area contributed by atoms with Gasteiger partial charge in [0.2, 0.25) is 0 Å². The number of benzene rings is 1. The van der Waals surface area contributed by atoms with Crippen LogP contribution in [0.3, 0.4) is 0 Å². The predicted octanol–water partition coefficient (Wildman–Crippen LogP) is 0.0286. The average molecular weight is 389 g/mol. The van der Waals surface area contributed by atoms with Gasteiger partial charge >= 0.3 is 134 Å². The van der Waals surface area contributed by atoms with Crippen molar-refractivity contribution in [1.29, 1.82) is 5.26 Å². The molecule has 0 aliphatic carbocycles. The summed E-state index contributed by atoms with van der Waals surface area (Å²) in [5.41, 5.74) is -5.83. The van der Waals surface area contributed by atoms with Crippen LogP contribution in [0.2, 0.25) is 0 Å². The first-order chi connectivity index (χ1) is 10.6. The van der Waals surface area contributed by atoms with E-state index in [1.807, 2.05) is 0 Å². The summed E-state index contributed by atoms with van der Waals surface area (Å²) in [4.78, 5) is 25.0. The third-order valence-electron chi connectivity index (χ3n) is 3.12. The van der Waals surface area contributed by atoms with Crippen LogP contribution in [-0.4, -0.2) is 26.4 Å². The van der Waals surface area contributed by atoms with Crippen LogP contribution in [0.4, 0.5) is 17.6 Å². The molecule has 10 heteroatoms. The Balaban J connectivity index is 2.99. The quantitative estimate of drug-likeness (QED) is 0.552. The minimum atomic E-state index is -5.04. The average Bonchev–Trinajstić information content (AvgIpc) is 2.43. The second kappa shape index (κ2) is 5.70. The number of nitriles is 1. The minimum absolute atomic E-state index is 0.0407. The van der Waals surface area contributed by atoms with Gasteiger partial charge in [0.25, 0.3) is 0 Å². The van der Waals surface area contributed by atoms with Crippen LogP contribution >= 0.6 is 0 Å². The fraction of sp³-hybridized carbons (Fsp3) is 0.154. The van der Waals surface area contributed by atoms with Gasteiger partial charge in [-0.15, -0.1) is 0 Å². The van der Waals surface area contributed by atoms with Crippen LogP contribution in [0, 0.1) is 17.1 Å². The number of alkyl halides is 3. The SMILES string of the molecule is Cn1c(C(F)(F)F)c(-c2cc([AsH2])c(C#N)cc2F)c(=O)[nH]c1=O. The standard InChI is InChI=1S/C13H8AsF4N3O2/c1-21-10(13(16,17)18)9(11(22)20-12(21)23)6-3-7(14)5(4-19)2-8(6)15/h2-3H,14H2,1H3,(H,20,22,23). The molecule has 1 aromatic heterocycles. The maximum atomic E-state index is 14.1. The molecule has 5 nitrogen and oxygen atoms in total. The van der Waals surface area contributed by atoms with Crippen molar-refractivity contribution in [1.82, 2.24) is 9.55 Å². The van der Waals surface area contributed by atoms with Crippen molar-refractivity contribution in [3.8, 4) is 17.2 Å². The maximum absolute atomic E-state index is 14.1. The molecule has 1 heterocycles. The number of halogens is 4. The first-order valence-corrected chi connectivity index (χ1v) is 7.19. The number of hydrogen-bond donors (Lipinski definition) is 1. The van der Waals surface area contributed by atoms with Gasteiger partial charge < -0.3 is 0 Å². The van der Waals surface area contributed by atoms with Crippen LogP contribution in [0.15, 0.2) is 21.7 Å². The van der Waals surface area contributed by atoms with E-state index in [-0.39, 0.29) is 14.5 Å². The van der Waals surface area contributed by atoms with E-state index in [0.717, 1.165) is 36.0 Å². The van der Waals surface area contributed by atoms with Crippen LogP contribution in [0.5, 0.6) is 0 Å². The van der Waals surface area contributed by atoms with Crippen molar-refractivity contribution in [3.63, 3.8) is 0 Å². The molecule has 0 saturated heterocycles. The molecule has 0 aliphatic rings. The molecule has 0 aliphatic heterocycles. The van der Waals surface area contributed by atoms with E-state index in [4.69, 9.17) is 5.26 Å². The molecule has 0 amide bonds. The van der Waals surface area contributed by atoms with Gasteiger partial charge in [-0.2, -0.15) is 0 Å². The van der Waals surface area contributed by atoms with E-state index in [2.05, 4.69) is 0 Å². The van der Waals surface area contributed by atoms with E-state index in [9.17, 15) is 27.2 Å². The summed E-state index contributed by atoms with van der Waals surface area (Å²) in [6.07, 6.45) is -5.04. The van der Waals surface area contributed by atoms with Gasteiger partial charge in [-0.3, -0.25) is 0 Å². The summed E-state index contributed by atoms with van der Waals surface area (Å²) >= 11 is 0.885. The van der Waals surface area contributed by atoms with Gasteiger partial charge in [0.1, 0.15) is 0 Å². The van der Waals surface area contributed by atoms with Gasteiger partial charge in [0, 0.05) is 0 Å². The monoisotopic (exact) mass is 389 g/mol. The summed E-state index contributed by atoms with van der Waals surface area (Å²) in [6, 6.07) is 3.47. The number of hydrogen-bond acceptors (Lipinski definition) is 3. The molecule has 0 bridgehead atoms. The van der Waals surface area contributed by atoms with Crippen LogP contribution in [0.25, 0.3) is 11.1 Å². The zero-order valence-corrected chi connectivity index (χ0v) is 13.9. The van der Waals surface area contributed by atoms with E-state index in [0.29, 0.717) is 0 Å². The Bertz CT molecular complexity index is 954. The molecule has 120 valence electrons. The topological polar surface area (TPSA) is 78.7 Å². The number of rotatable bonds is 1. The van der Waals surface area contributed by atoms with Crippen molar-refractivity contribution in [3.05, 3.63) is 50.0 Å². The molecule has 0 spiro atoms. The fourth-order valence-electron chi connectivity index (χ4n) is 2.08. The number of nitrogens with zero attached hydrogens (tertiary/aromatic N) is 2. The molecule has 2 aromatic rings. The molecule has 0 fully saturated rings. The second-order valence-electron chi connectivity index (χ2n) is 4.57. The second-order valence-corrected chi connectivity index (χ2v) is 5.88. The molecule has 0 radical (unpaired) electrons. The number of aromatic nitrogens is 2. The van der Waals surface area contributed by atoms with Crippen molar-refractivity contribution >= 4 is 21.2 Å². The van der Waals surface area contributed by atoms with Gasteiger partial charge in [-0.25, -0.2) is 0 Å². The predicted molar refractivity (Wildman–Crippen MR) is 75.6 cm³/mol. The summed E-state index contributed by atoms with van der Waals surface area (Å²) in [7, 11) is 0.822. The molecule has 0 saturated carbocycles. The number of H-pyrrole nitrogens is 1. The third kappa shape index (κ3) is 2.94. The molecule has 1 atom stereocenters. The van der Waals surface area contributed by atoms with E-state index < -0.39 is 40.1 Å². The molecule has 23 heavy (non-hydrogen) atoms. The van der Waals surface area contributed by atoms with Crippen molar-refractivity contribution in [2.75, 3.05) is 0 Å². The van der Waals surface area contributed by atoms with Gasteiger partial charge in [0.05, 0.1) is 0 Å². The Labute approximate surface area is 134 Å². The van der Waals surface area contributed by atoms with E-state index >= 15 is 0 Å². The zero-order chi connectivity index (χ0) is 17.5. The first kappa shape index (κ1) is 17.0. The number of aromatic amines is 1. The molecule has 1 unspecified atom stereocenters. The Hall–Kier alpha value is -2.33. The van der Waals surface area contributed by atoms with Crippen molar-refractivity contribution < 1.29 is 17.6 Å². The van der Waals surface area contributed by atoms with Gasteiger partial charge in [0.15, 0.2) is 0 Å². The summed E-state index contributed by atoms with van der Waals surface area (Å²) in [5.74, 6) is -1.16. The summed E-state index contributed by atoms with van der Waals surface area (Å²) < 4.78 is 54.3. The van der Waals surface area contributed by atoms with E-state index in [1.165, 1.54) is 0 Å². The van der Waals surface area contributed by atoms with Crippen LogP contribution < -0.4 is 15.6 Å². The van der Waals surface area contributed by atoms with Gasteiger partial charge in [-0.05, 0) is 0 Å². The summed E-state index contributed by atoms with van der Waals surface area (Å²) in [6.45, 7) is 0. The number of nitrogens with one attached hydrogen (secondary N) is 1. The zero-order valence-electron chi connectivity index (χ0n) is 11.5.